The van der Waals surface area contributed by atoms with E-state index in [4.69, 9.17) is 0 Å². The molecule has 0 radical (unpaired) electrons. The molecular formula is C14H24N4. The van der Waals surface area contributed by atoms with Crippen molar-refractivity contribution in [1.82, 2.24) is 20.2 Å². The van der Waals surface area contributed by atoms with Crippen molar-refractivity contribution in [3.8, 4) is 0 Å². The summed E-state index contributed by atoms with van der Waals surface area (Å²) in [4.78, 5) is 11.2. The van der Waals surface area contributed by atoms with Crippen LogP contribution in [-0.4, -0.2) is 39.0 Å². The van der Waals surface area contributed by atoms with Gasteiger partial charge in [-0.1, -0.05) is 6.92 Å². The van der Waals surface area contributed by atoms with Gasteiger partial charge in [-0.15, -0.1) is 0 Å². The van der Waals surface area contributed by atoms with Gasteiger partial charge >= 0.3 is 0 Å². The Hall–Kier alpha value is -1.00. The zero-order valence-electron chi connectivity index (χ0n) is 11.9. The molecule has 0 aliphatic carbocycles. The molecule has 4 heteroatoms. The van der Waals surface area contributed by atoms with Gasteiger partial charge in [0, 0.05) is 36.6 Å². The zero-order valence-corrected chi connectivity index (χ0v) is 11.9. The molecule has 0 spiro atoms. The van der Waals surface area contributed by atoms with E-state index in [9.17, 15) is 0 Å². The molecule has 2 rings (SSSR count). The maximum absolute atomic E-state index is 4.35. The summed E-state index contributed by atoms with van der Waals surface area (Å²) in [5, 5.41) is 3.63. The summed E-state index contributed by atoms with van der Waals surface area (Å²) < 4.78 is 0. The maximum atomic E-state index is 4.35. The number of hydrogen-bond acceptors (Lipinski definition) is 4. The number of rotatable bonds is 3. The third-order valence-corrected chi connectivity index (χ3v) is 4.01. The van der Waals surface area contributed by atoms with Gasteiger partial charge in [0.1, 0.15) is 5.82 Å². The van der Waals surface area contributed by atoms with Crippen molar-refractivity contribution < 1.29 is 0 Å². The number of hydrogen-bond donors (Lipinski definition) is 1. The molecule has 0 saturated carbocycles. The average Bonchev–Trinajstić information content (AvgIpc) is 2.35. The van der Waals surface area contributed by atoms with E-state index >= 15 is 0 Å². The third-order valence-electron chi connectivity index (χ3n) is 4.01. The number of nitrogens with zero attached hydrogens (tertiary/aromatic N) is 3. The number of nitrogens with one attached hydrogen (secondary N) is 1. The quantitative estimate of drug-likeness (QED) is 0.886. The molecule has 1 aromatic rings. The summed E-state index contributed by atoms with van der Waals surface area (Å²) in [6.45, 7) is 11.9. The first kappa shape index (κ1) is 13.4. The minimum atomic E-state index is 0.156. The molecule has 1 atom stereocenters. The zero-order chi connectivity index (χ0) is 13.2. The normalized spacial score (nSPS) is 28.2. The Kier molecular flexibility index (Phi) is 3.69. The minimum absolute atomic E-state index is 0.156. The van der Waals surface area contributed by atoms with Crippen LogP contribution in [0.4, 0.5) is 0 Å². The summed E-state index contributed by atoms with van der Waals surface area (Å²) in [5.41, 5.74) is 0.345. The van der Waals surface area contributed by atoms with Crippen molar-refractivity contribution in [2.24, 2.45) is 0 Å². The van der Waals surface area contributed by atoms with Crippen LogP contribution in [-0.2, 0) is 6.54 Å². The van der Waals surface area contributed by atoms with E-state index in [0.29, 0.717) is 0 Å². The van der Waals surface area contributed by atoms with Crippen molar-refractivity contribution >= 4 is 0 Å². The molecule has 100 valence electrons. The second kappa shape index (κ2) is 4.94. The molecule has 1 saturated heterocycles. The maximum Gasteiger partial charge on any atom is 0.142 e. The summed E-state index contributed by atoms with van der Waals surface area (Å²) in [7, 11) is 0. The van der Waals surface area contributed by atoms with E-state index in [0.717, 1.165) is 31.9 Å². The lowest BCUT2D eigenvalue weighted by atomic mass is 9.88. The summed E-state index contributed by atoms with van der Waals surface area (Å²) in [6, 6.07) is 1.87. The van der Waals surface area contributed by atoms with E-state index in [1.807, 2.05) is 18.5 Å². The van der Waals surface area contributed by atoms with Crippen molar-refractivity contribution in [2.75, 3.05) is 13.1 Å². The highest BCUT2D eigenvalue weighted by molar-refractivity contribution is 5.01. The predicted molar refractivity (Wildman–Crippen MR) is 73.2 cm³/mol. The molecule has 1 N–H and O–H groups in total. The highest BCUT2D eigenvalue weighted by Crippen LogP contribution is 2.27. The highest BCUT2D eigenvalue weighted by Gasteiger charge is 2.39. The van der Waals surface area contributed by atoms with E-state index in [2.05, 4.69) is 47.9 Å². The van der Waals surface area contributed by atoms with E-state index in [1.165, 1.54) is 0 Å². The molecule has 1 aliphatic heterocycles. The van der Waals surface area contributed by atoms with Gasteiger partial charge in [-0.25, -0.2) is 9.97 Å². The summed E-state index contributed by atoms with van der Waals surface area (Å²) in [5.74, 6) is 0.912. The molecular weight excluding hydrogens is 224 g/mol. The predicted octanol–water partition coefficient (Wildman–Crippen LogP) is 1.83. The lowest BCUT2D eigenvalue weighted by Gasteiger charge is -2.50. The van der Waals surface area contributed by atoms with Crippen molar-refractivity contribution in [1.29, 1.82) is 0 Å². The van der Waals surface area contributed by atoms with Crippen LogP contribution >= 0.6 is 0 Å². The fourth-order valence-corrected chi connectivity index (χ4v) is 2.44. The fourth-order valence-electron chi connectivity index (χ4n) is 2.44. The van der Waals surface area contributed by atoms with Gasteiger partial charge in [0.05, 0.1) is 6.54 Å². The van der Waals surface area contributed by atoms with Crippen LogP contribution < -0.4 is 5.32 Å². The molecule has 1 unspecified atom stereocenters. The van der Waals surface area contributed by atoms with Gasteiger partial charge in [0.2, 0.25) is 0 Å². The molecule has 4 nitrogen and oxygen atoms in total. The Morgan fingerprint density at radius 3 is 2.56 bits per heavy atom. The molecule has 2 heterocycles. The second-order valence-electron chi connectivity index (χ2n) is 6.11. The van der Waals surface area contributed by atoms with Crippen molar-refractivity contribution in [2.45, 2.75) is 51.7 Å². The van der Waals surface area contributed by atoms with Gasteiger partial charge in [-0.05, 0) is 33.3 Å². The first-order valence-corrected chi connectivity index (χ1v) is 6.71. The lowest BCUT2D eigenvalue weighted by molar-refractivity contribution is 0.0155. The summed E-state index contributed by atoms with van der Waals surface area (Å²) in [6.07, 6.45) is 4.76. The van der Waals surface area contributed by atoms with E-state index in [-0.39, 0.29) is 11.1 Å². The third kappa shape index (κ3) is 2.87. The molecule has 1 aromatic heterocycles. The summed E-state index contributed by atoms with van der Waals surface area (Å²) >= 11 is 0. The first-order chi connectivity index (χ1) is 8.45. The van der Waals surface area contributed by atoms with Crippen LogP contribution in [0.5, 0.6) is 0 Å². The topological polar surface area (TPSA) is 41.0 Å². The minimum Gasteiger partial charge on any atom is -0.309 e. The van der Waals surface area contributed by atoms with Gasteiger partial charge in [-0.2, -0.15) is 0 Å². The number of piperazine rings is 1. The van der Waals surface area contributed by atoms with Crippen LogP contribution in [0.25, 0.3) is 0 Å². The molecule has 0 aromatic carbocycles. The van der Waals surface area contributed by atoms with E-state index < -0.39 is 0 Å². The first-order valence-electron chi connectivity index (χ1n) is 6.71. The monoisotopic (exact) mass is 248 g/mol. The Balaban J connectivity index is 2.16. The lowest BCUT2D eigenvalue weighted by Crippen LogP contribution is -2.66. The number of aromatic nitrogens is 2. The van der Waals surface area contributed by atoms with Crippen LogP contribution in [0.1, 0.15) is 39.9 Å². The average molecular weight is 248 g/mol. The van der Waals surface area contributed by atoms with Gasteiger partial charge in [0.15, 0.2) is 0 Å². The Bertz CT molecular complexity index is 390. The van der Waals surface area contributed by atoms with Gasteiger partial charge in [-0.3, -0.25) is 4.90 Å². The largest absolute Gasteiger partial charge is 0.309 e. The molecule has 0 bridgehead atoms. The SMILES string of the molecule is CCC1(C)CNC(C)(C)CN1Cc1ncccn1. The Morgan fingerprint density at radius 2 is 1.94 bits per heavy atom. The van der Waals surface area contributed by atoms with Crippen molar-refractivity contribution in [3.63, 3.8) is 0 Å². The second-order valence-corrected chi connectivity index (χ2v) is 6.11. The van der Waals surface area contributed by atoms with E-state index in [1.54, 1.807) is 0 Å². The van der Waals surface area contributed by atoms with Crippen LogP contribution in [0.3, 0.4) is 0 Å². The molecule has 18 heavy (non-hydrogen) atoms. The van der Waals surface area contributed by atoms with Crippen LogP contribution in [0, 0.1) is 0 Å². The highest BCUT2D eigenvalue weighted by atomic mass is 15.3. The Morgan fingerprint density at radius 1 is 1.28 bits per heavy atom. The standard InChI is InChI=1S/C14H24N4/c1-5-14(4)10-17-13(2,3)11-18(14)9-12-15-7-6-8-16-12/h6-8,17H,5,9-11H2,1-4H3. The van der Waals surface area contributed by atoms with Crippen molar-refractivity contribution in [3.05, 3.63) is 24.3 Å². The van der Waals surface area contributed by atoms with Gasteiger partial charge in [0.25, 0.3) is 0 Å². The fraction of sp³-hybridized carbons (Fsp3) is 0.714. The van der Waals surface area contributed by atoms with Crippen LogP contribution in [0.15, 0.2) is 18.5 Å². The Labute approximate surface area is 110 Å². The van der Waals surface area contributed by atoms with Gasteiger partial charge < -0.3 is 5.32 Å². The molecule has 0 amide bonds. The van der Waals surface area contributed by atoms with Crippen LogP contribution in [0.2, 0.25) is 0 Å². The molecule has 1 aliphatic rings. The smallest absolute Gasteiger partial charge is 0.142 e. The molecule has 1 fully saturated rings.